The van der Waals surface area contributed by atoms with Crippen LogP contribution >= 0.6 is 0 Å². The molecule has 1 aliphatic rings. The van der Waals surface area contributed by atoms with Crippen molar-refractivity contribution in [3.05, 3.63) is 0 Å². The molecule has 1 aliphatic heterocycles. The van der Waals surface area contributed by atoms with Crippen molar-refractivity contribution in [2.45, 2.75) is 39.0 Å². The molecule has 78 valence electrons. The van der Waals surface area contributed by atoms with Crippen LogP contribution in [0.4, 0.5) is 0 Å². The van der Waals surface area contributed by atoms with Gasteiger partial charge >= 0.3 is 0 Å². The molecule has 3 nitrogen and oxygen atoms in total. The lowest BCUT2D eigenvalue weighted by Crippen LogP contribution is -2.31. The third kappa shape index (κ3) is 3.37. The highest BCUT2D eigenvalue weighted by molar-refractivity contribution is 5.76. The molecule has 0 radical (unpaired) electrons. The Balaban J connectivity index is 2.35. The Morgan fingerprint density at radius 3 is 3.07 bits per heavy atom. The van der Waals surface area contributed by atoms with E-state index in [1.54, 1.807) is 0 Å². The topological polar surface area (TPSA) is 44.1 Å². The van der Waals surface area contributed by atoms with Crippen LogP contribution in [0.1, 0.15) is 39.0 Å². The summed E-state index contributed by atoms with van der Waals surface area (Å²) in [5, 5.41) is 8.41. The van der Waals surface area contributed by atoms with Crippen molar-refractivity contribution < 1.29 is 4.79 Å². The van der Waals surface area contributed by atoms with Gasteiger partial charge in [-0.2, -0.15) is 5.26 Å². The second-order valence-corrected chi connectivity index (χ2v) is 4.07. The normalized spacial score (nSPS) is 23.0. The number of carbonyl (C=O) groups is 1. The van der Waals surface area contributed by atoms with Gasteiger partial charge in [-0.25, -0.2) is 0 Å². The standard InChI is InChI=1S/C11H18N2O/c1-10-4-5-11(14)13(9-6-10)8-3-2-7-12/h10H,2-6,8-9H2,1H3. The number of likely N-dealkylation sites (tertiary alicyclic amines) is 1. The van der Waals surface area contributed by atoms with Crippen LogP contribution in [0.5, 0.6) is 0 Å². The van der Waals surface area contributed by atoms with Crippen LogP contribution in [-0.2, 0) is 4.79 Å². The van der Waals surface area contributed by atoms with Gasteiger partial charge in [0, 0.05) is 25.9 Å². The molecule has 3 heteroatoms. The van der Waals surface area contributed by atoms with E-state index in [4.69, 9.17) is 5.26 Å². The predicted octanol–water partition coefficient (Wildman–Crippen LogP) is 1.94. The maximum atomic E-state index is 11.6. The van der Waals surface area contributed by atoms with Crippen molar-refractivity contribution in [1.29, 1.82) is 5.26 Å². The van der Waals surface area contributed by atoms with Gasteiger partial charge in [0.2, 0.25) is 5.91 Å². The van der Waals surface area contributed by atoms with Crippen molar-refractivity contribution in [1.82, 2.24) is 4.90 Å². The molecule has 0 spiro atoms. The Labute approximate surface area is 85.7 Å². The SMILES string of the molecule is CC1CCC(=O)N(CCCC#N)CC1. The van der Waals surface area contributed by atoms with Crippen LogP contribution in [-0.4, -0.2) is 23.9 Å². The molecule has 0 bridgehead atoms. The molecule has 1 heterocycles. The quantitative estimate of drug-likeness (QED) is 0.644. The number of rotatable bonds is 3. The summed E-state index contributed by atoms with van der Waals surface area (Å²) in [6.07, 6.45) is 4.19. The van der Waals surface area contributed by atoms with Gasteiger partial charge in [0.1, 0.15) is 0 Å². The minimum absolute atomic E-state index is 0.271. The second-order valence-electron chi connectivity index (χ2n) is 4.07. The first kappa shape index (κ1) is 11.0. The Kier molecular flexibility index (Phi) is 4.45. The van der Waals surface area contributed by atoms with Crippen LogP contribution in [0.3, 0.4) is 0 Å². The molecule has 1 rings (SSSR count). The number of hydrogen-bond donors (Lipinski definition) is 0. The third-order valence-corrected chi connectivity index (χ3v) is 2.81. The zero-order valence-electron chi connectivity index (χ0n) is 8.83. The summed E-state index contributed by atoms with van der Waals surface area (Å²) in [6.45, 7) is 3.84. The van der Waals surface area contributed by atoms with Crippen molar-refractivity contribution >= 4 is 5.91 Å². The minimum atomic E-state index is 0.271. The van der Waals surface area contributed by atoms with Gasteiger partial charge in [-0.1, -0.05) is 6.92 Å². The molecule has 14 heavy (non-hydrogen) atoms. The van der Waals surface area contributed by atoms with Crippen LogP contribution in [0.15, 0.2) is 0 Å². The van der Waals surface area contributed by atoms with Crippen LogP contribution in [0.25, 0.3) is 0 Å². The molecule has 0 saturated carbocycles. The molecule has 1 unspecified atom stereocenters. The lowest BCUT2D eigenvalue weighted by molar-refractivity contribution is -0.130. The van der Waals surface area contributed by atoms with E-state index >= 15 is 0 Å². The number of amides is 1. The summed E-state index contributed by atoms with van der Waals surface area (Å²) >= 11 is 0. The van der Waals surface area contributed by atoms with Gasteiger partial charge < -0.3 is 4.90 Å². The highest BCUT2D eigenvalue weighted by Gasteiger charge is 2.19. The van der Waals surface area contributed by atoms with Crippen LogP contribution < -0.4 is 0 Å². The van der Waals surface area contributed by atoms with E-state index in [0.717, 1.165) is 32.4 Å². The van der Waals surface area contributed by atoms with Crippen molar-refractivity contribution in [2.24, 2.45) is 5.92 Å². The van der Waals surface area contributed by atoms with Crippen LogP contribution in [0, 0.1) is 17.2 Å². The summed E-state index contributed by atoms with van der Waals surface area (Å²) in [6, 6.07) is 2.11. The van der Waals surface area contributed by atoms with Gasteiger partial charge in [-0.15, -0.1) is 0 Å². The van der Waals surface area contributed by atoms with E-state index in [1.807, 2.05) is 4.90 Å². The molecule has 1 atom stereocenters. The predicted molar refractivity (Wildman–Crippen MR) is 54.4 cm³/mol. The van der Waals surface area contributed by atoms with E-state index in [9.17, 15) is 4.79 Å². The molecule has 0 aromatic carbocycles. The Hall–Kier alpha value is -1.04. The highest BCUT2D eigenvalue weighted by Crippen LogP contribution is 2.17. The number of carbonyl (C=O) groups excluding carboxylic acids is 1. The first-order valence-corrected chi connectivity index (χ1v) is 5.38. The van der Waals surface area contributed by atoms with Crippen LogP contribution in [0.2, 0.25) is 0 Å². The zero-order valence-corrected chi connectivity index (χ0v) is 8.83. The summed E-state index contributed by atoms with van der Waals surface area (Å²) in [7, 11) is 0. The first-order valence-electron chi connectivity index (χ1n) is 5.38. The summed E-state index contributed by atoms with van der Waals surface area (Å²) in [4.78, 5) is 13.5. The second kappa shape index (κ2) is 5.64. The summed E-state index contributed by atoms with van der Waals surface area (Å²) in [5.41, 5.74) is 0. The smallest absolute Gasteiger partial charge is 0.222 e. The van der Waals surface area contributed by atoms with E-state index in [2.05, 4.69) is 13.0 Å². The summed E-state index contributed by atoms with van der Waals surface area (Å²) in [5.74, 6) is 0.937. The largest absolute Gasteiger partial charge is 0.343 e. The fraction of sp³-hybridized carbons (Fsp3) is 0.818. The Bertz CT molecular complexity index is 232. The Morgan fingerprint density at radius 1 is 1.57 bits per heavy atom. The molecule has 0 aromatic rings. The monoisotopic (exact) mass is 194 g/mol. The lowest BCUT2D eigenvalue weighted by Gasteiger charge is -2.19. The number of nitrogens with zero attached hydrogens (tertiary/aromatic N) is 2. The van der Waals surface area contributed by atoms with Gasteiger partial charge in [-0.3, -0.25) is 4.79 Å². The van der Waals surface area contributed by atoms with Gasteiger partial charge in [0.25, 0.3) is 0 Å². The molecular weight excluding hydrogens is 176 g/mol. The molecule has 1 amide bonds. The fourth-order valence-electron chi connectivity index (χ4n) is 1.76. The molecule has 0 aromatic heterocycles. The maximum Gasteiger partial charge on any atom is 0.222 e. The van der Waals surface area contributed by atoms with E-state index in [1.165, 1.54) is 0 Å². The van der Waals surface area contributed by atoms with Gasteiger partial charge in [-0.05, 0) is 25.2 Å². The molecule has 0 aliphatic carbocycles. The highest BCUT2D eigenvalue weighted by atomic mass is 16.2. The summed E-state index contributed by atoms with van der Waals surface area (Å²) < 4.78 is 0. The van der Waals surface area contributed by atoms with Crippen molar-refractivity contribution in [3.63, 3.8) is 0 Å². The lowest BCUT2D eigenvalue weighted by atomic mass is 10.0. The molecule has 0 N–H and O–H groups in total. The van der Waals surface area contributed by atoms with E-state index in [0.29, 0.717) is 18.8 Å². The number of nitriles is 1. The molecule has 1 saturated heterocycles. The van der Waals surface area contributed by atoms with Gasteiger partial charge in [0.05, 0.1) is 6.07 Å². The minimum Gasteiger partial charge on any atom is -0.343 e. The number of hydrogen-bond acceptors (Lipinski definition) is 2. The molecule has 1 fully saturated rings. The fourth-order valence-corrected chi connectivity index (χ4v) is 1.76. The Morgan fingerprint density at radius 2 is 2.36 bits per heavy atom. The first-order chi connectivity index (χ1) is 6.74. The molecular formula is C11H18N2O. The van der Waals surface area contributed by atoms with Gasteiger partial charge in [0.15, 0.2) is 0 Å². The third-order valence-electron chi connectivity index (χ3n) is 2.81. The van der Waals surface area contributed by atoms with E-state index < -0.39 is 0 Å². The van der Waals surface area contributed by atoms with E-state index in [-0.39, 0.29) is 5.91 Å². The maximum absolute atomic E-state index is 11.6. The van der Waals surface area contributed by atoms with Crippen molar-refractivity contribution in [2.75, 3.05) is 13.1 Å². The average molecular weight is 194 g/mol. The average Bonchev–Trinajstić information content (AvgIpc) is 2.33. The number of unbranched alkanes of at least 4 members (excludes halogenated alkanes) is 1. The zero-order chi connectivity index (χ0) is 10.4. The van der Waals surface area contributed by atoms with Crippen molar-refractivity contribution in [3.8, 4) is 6.07 Å².